The summed E-state index contributed by atoms with van der Waals surface area (Å²) >= 11 is 0. The second kappa shape index (κ2) is 5.96. The first-order chi connectivity index (χ1) is 9.99. The Kier molecular flexibility index (Phi) is 4.08. The van der Waals surface area contributed by atoms with E-state index in [4.69, 9.17) is 0 Å². The third-order valence-corrected chi connectivity index (χ3v) is 2.78. The number of allylic oxidation sites excluding steroid dienone is 1. The molecule has 2 aromatic carbocycles. The number of phenolic OH excluding ortho intramolecular Hbond substituents is 1. The molecule has 0 atom stereocenters. The maximum Gasteiger partial charge on any atom is 0.273 e. The Bertz CT molecular complexity index is 740. The van der Waals surface area contributed by atoms with Crippen molar-refractivity contribution >= 4 is 17.5 Å². The van der Waals surface area contributed by atoms with Crippen molar-refractivity contribution in [3.63, 3.8) is 0 Å². The van der Waals surface area contributed by atoms with Crippen molar-refractivity contribution in [3.05, 3.63) is 75.6 Å². The third-order valence-electron chi connectivity index (χ3n) is 2.78. The molecular weight excluding hydrogens is 277 g/mol. The van der Waals surface area contributed by atoms with E-state index < -0.39 is 22.3 Å². The molecule has 0 aliphatic carbocycles. The van der Waals surface area contributed by atoms with Crippen molar-refractivity contribution in [2.75, 3.05) is 0 Å². The number of non-ortho nitro benzene ring substituents is 1. The van der Waals surface area contributed by atoms with Gasteiger partial charge in [-0.1, -0.05) is 18.2 Å². The molecule has 0 aromatic heterocycles. The number of hydrogen-bond acceptors (Lipinski definition) is 4. The molecule has 0 aliphatic rings. The number of halogens is 1. The predicted molar refractivity (Wildman–Crippen MR) is 74.5 cm³/mol. The average molecular weight is 287 g/mol. The van der Waals surface area contributed by atoms with E-state index in [-0.39, 0.29) is 16.8 Å². The Morgan fingerprint density at radius 1 is 1.24 bits per heavy atom. The largest absolute Gasteiger partial charge is 0.507 e. The van der Waals surface area contributed by atoms with Gasteiger partial charge >= 0.3 is 0 Å². The lowest BCUT2D eigenvalue weighted by molar-refractivity contribution is -0.384. The maximum atomic E-state index is 13.4. The molecule has 6 heteroatoms. The number of benzene rings is 2. The second-order valence-electron chi connectivity index (χ2n) is 4.18. The Labute approximate surface area is 119 Å². The predicted octanol–water partition coefficient (Wildman–Crippen LogP) is 3.34. The third kappa shape index (κ3) is 3.30. The van der Waals surface area contributed by atoms with Crippen LogP contribution < -0.4 is 0 Å². The molecule has 0 aliphatic heterocycles. The van der Waals surface area contributed by atoms with E-state index in [1.165, 1.54) is 24.3 Å². The summed E-state index contributed by atoms with van der Waals surface area (Å²) in [5.41, 5.74) is -0.178. The van der Waals surface area contributed by atoms with Crippen LogP contribution in [0.4, 0.5) is 10.1 Å². The van der Waals surface area contributed by atoms with Gasteiger partial charge in [-0.15, -0.1) is 0 Å². The van der Waals surface area contributed by atoms with Crippen molar-refractivity contribution in [1.82, 2.24) is 0 Å². The number of carbonyl (C=O) groups is 1. The van der Waals surface area contributed by atoms with E-state index in [2.05, 4.69) is 0 Å². The summed E-state index contributed by atoms with van der Waals surface area (Å²) in [6.45, 7) is 0. The number of rotatable bonds is 4. The SMILES string of the molecule is O=C(C=Cc1ccccc1F)c1ccc([N+](=O)[O-])cc1O. The molecule has 2 rings (SSSR count). The summed E-state index contributed by atoms with van der Waals surface area (Å²) in [6.07, 6.45) is 2.37. The van der Waals surface area contributed by atoms with Crippen molar-refractivity contribution in [1.29, 1.82) is 0 Å². The Morgan fingerprint density at radius 2 is 1.95 bits per heavy atom. The number of nitro groups is 1. The Hall–Kier alpha value is -3.02. The molecule has 21 heavy (non-hydrogen) atoms. The van der Waals surface area contributed by atoms with Gasteiger partial charge in [0.15, 0.2) is 5.78 Å². The number of nitrogens with zero attached hydrogens (tertiary/aromatic N) is 1. The summed E-state index contributed by atoms with van der Waals surface area (Å²) in [5, 5.41) is 20.2. The van der Waals surface area contributed by atoms with E-state index in [9.17, 15) is 24.4 Å². The van der Waals surface area contributed by atoms with Crippen LogP contribution in [0.3, 0.4) is 0 Å². The lowest BCUT2D eigenvalue weighted by atomic mass is 10.1. The number of aromatic hydroxyl groups is 1. The summed E-state index contributed by atoms with van der Waals surface area (Å²) in [5.74, 6) is -1.55. The molecule has 5 nitrogen and oxygen atoms in total. The van der Waals surface area contributed by atoms with Crippen LogP contribution in [0.2, 0.25) is 0 Å². The molecule has 0 fully saturated rings. The van der Waals surface area contributed by atoms with Gasteiger partial charge in [-0.3, -0.25) is 14.9 Å². The van der Waals surface area contributed by atoms with Crippen LogP contribution in [-0.2, 0) is 0 Å². The molecule has 0 saturated carbocycles. The zero-order valence-electron chi connectivity index (χ0n) is 10.7. The fraction of sp³-hybridized carbons (Fsp3) is 0. The molecule has 0 unspecified atom stereocenters. The van der Waals surface area contributed by atoms with Gasteiger partial charge in [-0.25, -0.2) is 4.39 Å². The molecule has 0 saturated heterocycles. The highest BCUT2D eigenvalue weighted by molar-refractivity contribution is 6.08. The number of hydrogen-bond donors (Lipinski definition) is 1. The minimum atomic E-state index is -0.677. The molecule has 0 heterocycles. The number of carbonyl (C=O) groups excluding carboxylic acids is 1. The van der Waals surface area contributed by atoms with E-state index in [1.54, 1.807) is 6.07 Å². The first-order valence-electron chi connectivity index (χ1n) is 5.93. The van der Waals surface area contributed by atoms with Gasteiger partial charge in [0.05, 0.1) is 16.6 Å². The van der Waals surface area contributed by atoms with Crippen LogP contribution in [0.15, 0.2) is 48.5 Å². The summed E-state index contributed by atoms with van der Waals surface area (Å²) in [6, 6.07) is 9.06. The summed E-state index contributed by atoms with van der Waals surface area (Å²) < 4.78 is 13.4. The summed E-state index contributed by atoms with van der Waals surface area (Å²) in [4.78, 5) is 21.8. The fourth-order valence-electron chi connectivity index (χ4n) is 1.71. The quantitative estimate of drug-likeness (QED) is 0.405. The van der Waals surface area contributed by atoms with Crippen molar-refractivity contribution in [3.8, 4) is 5.75 Å². The Morgan fingerprint density at radius 3 is 2.57 bits per heavy atom. The van der Waals surface area contributed by atoms with Gasteiger partial charge in [-0.2, -0.15) is 0 Å². The van der Waals surface area contributed by atoms with E-state index in [0.717, 1.165) is 24.3 Å². The zero-order chi connectivity index (χ0) is 15.4. The second-order valence-corrected chi connectivity index (χ2v) is 4.18. The van der Waals surface area contributed by atoms with Crippen LogP contribution >= 0.6 is 0 Å². The van der Waals surface area contributed by atoms with Crippen LogP contribution in [0.25, 0.3) is 6.08 Å². The minimum absolute atomic E-state index is 0.0896. The van der Waals surface area contributed by atoms with Gasteiger partial charge in [0.2, 0.25) is 0 Å². The Balaban J connectivity index is 2.25. The van der Waals surface area contributed by atoms with E-state index >= 15 is 0 Å². The maximum absolute atomic E-state index is 13.4. The summed E-state index contributed by atoms with van der Waals surface area (Å²) in [7, 11) is 0. The number of ketones is 1. The van der Waals surface area contributed by atoms with Crippen LogP contribution in [0.1, 0.15) is 15.9 Å². The van der Waals surface area contributed by atoms with Gasteiger partial charge < -0.3 is 5.11 Å². The average Bonchev–Trinajstić information content (AvgIpc) is 2.46. The molecular formula is C15H10FNO4. The highest BCUT2D eigenvalue weighted by atomic mass is 19.1. The van der Waals surface area contributed by atoms with Gasteiger partial charge in [-0.05, 0) is 24.3 Å². The topological polar surface area (TPSA) is 80.4 Å². The van der Waals surface area contributed by atoms with Crippen LogP contribution in [-0.4, -0.2) is 15.8 Å². The fourth-order valence-corrected chi connectivity index (χ4v) is 1.71. The molecule has 106 valence electrons. The van der Waals surface area contributed by atoms with E-state index in [0.29, 0.717) is 0 Å². The number of phenols is 1. The van der Waals surface area contributed by atoms with Gasteiger partial charge in [0.25, 0.3) is 5.69 Å². The highest BCUT2D eigenvalue weighted by Crippen LogP contribution is 2.24. The zero-order valence-corrected chi connectivity index (χ0v) is 10.7. The van der Waals surface area contributed by atoms with Gasteiger partial charge in [0, 0.05) is 11.6 Å². The first kappa shape index (κ1) is 14.4. The number of nitro benzene ring substituents is 1. The molecule has 1 N–H and O–H groups in total. The normalized spacial score (nSPS) is 10.7. The smallest absolute Gasteiger partial charge is 0.273 e. The van der Waals surface area contributed by atoms with Gasteiger partial charge in [0.1, 0.15) is 11.6 Å². The lowest BCUT2D eigenvalue weighted by Crippen LogP contribution is -1.96. The van der Waals surface area contributed by atoms with Crippen molar-refractivity contribution < 1.29 is 19.2 Å². The van der Waals surface area contributed by atoms with Crippen LogP contribution in [0.5, 0.6) is 5.75 Å². The molecule has 2 aromatic rings. The van der Waals surface area contributed by atoms with E-state index in [1.807, 2.05) is 0 Å². The van der Waals surface area contributed by atoms with Crippen LogP contribution in [0, 0.1) is 15.9 Å². The highest BCUT2D eigenvalue weighted by Gasteiger charge is 2.13. The first-order valence-corrected chi connectivity index (χ1v) is 5.93. The lowest BCUT2D eigenvalue weighted by Gasteiger charge is -2.00. The minimum Gasteiger partial charge on any atom is -0.507 e. The van der Waals surface area contributed by atoms with Crippen molar-refractivity contribution in [2.45, 2.75) is 0 Å². The van der Waals surface area contributed by atoms with Crippen molar-refractivity contribution in [2.24, 2.45) is 0 Å². The molecule has 0 amide bonds. The monoisotopic (exact) mass is 287 g/mol. The molecule has 0 bridgehead atoms. The standard InChI is InChI=1S/C15H10FNO4/c16-13-4-2-1-3-10(13)5-8-14(18)12-7-6-11(17(20)21)9-15(12)19/h1-9,19H. The molecule has 0 radical (unpaired) electrons. The molecule has 0 spiro atoms.